The van der Waals surface area contributed by atoms with Crippen LogP contribution in [-0.2, 0) is 16.1 Å². The molecule has 7 nitrogen and oxygen atoms in total. The maximum atomic E-state index is 13.6. The van der Waals surface area contributed by atoms with E-state index in [-0.39, 0.29) is 24.9 Å². The standard InChI is InChI=1S/C27H25N3O4S/c1-19-11-13-20(14-12-19)25(27(33)28-17-22-9-5-15-34-22)30(21-7-3-2-4-8-21)24(31)18-29-26(32)23-10-6-16-35-23/h2-16,25H,17-18H2,1H3,(H,28,33)(H,29,32)/t25-/m0/s1. The van der Waals surface area contributed by atoms with Gasteiger partial charge in [-0.25, -0.2) is 0 Å². The molecule has 0 saturated heterocycles. The van der Waals surface area contributed by atoms with Crippen molar-refractivity contribution in [1.82, 2.24) is 10.6 Å². The van der Waals surface area contributed by atoms with Crippen molar-refractivity contribution in [3.05, 3.63) is 112 Å². The van der Waals surface area contributed by atoms with Crippen LogP contribution in [0.25, 0.3) is 0 Å². The Morgan fingerprint density at radius 1 is 0.914 bits per heavy atom. The van der Waals surface area contributed by atoms with Crippen LogP contribution in [0.15, 0.2) is 94.9 Å². The van der Waals surface area contributed by atoms with Crippen molar-refractivity contribution in [3.8, 4) is 0 Å². The van der Waals surface area contributed by atoms with Crippen LogP contribution in [0.2, 0.25) is 0 Å². The second-order valence-electron chi connectivity index (χ2n) is 7.87. The normalized spacial score (nSPS) is 11.5. The lowest BCUT2D eigenvalue weighted by Gasteiger charge is -2.31. The van der Waals surface area contributed by atoms with Gasteiger partial charge >= 0.3 is 0 Å². The highest BCUT2D eigenvalue weighted by molar-refractivity contribution is 7.12. The zero-order chi connectivity index (χ0) is 24.6. The third-order valence-electron chi connectivity index (χ3n) is 5.36. The number of furan rings is 1. The molecule has 0 fully saturated rings. The highest BCUT2D eigenvalue weighted by Gasteiger charge is 2.33. The van der Waals surface area contributed by atoms with E-state index in [1.165, 1.54) is 22.5 Å². The molecular formula is C27H25N3O4S. The highest BCUT2D eigenvalue weighted by Crippen LogP contribution is 2.28. The Bertz CT molecular complexity index is 1250. The minimum atomic E-state index is -0.959. The number of rotatable bonds is 9. The number of carbonyl (C=O) groups excluding carboxylic acids is 3. The summed E-state index contributed by atoms with van der Waals surface area (Å²) in [4.78, 5) is 41.5. The van der Waals surface area contributed by atoms with E-state index >= 15 is 0 Å². The minimum absolute atomic E-state index is 0.181. The Hall–Kier alpha value is -4.17. The molecule has 0 aliphatic heterocycles. The molecule has 0 unspecified atom stereocenters. The van der Waals surface area contributed by atoms with Crippen molar-refractivity contribution in [2.45, 2.75) is 19.5 Å². The van der Waals surface area contributed by atoms with Gasteiger partial charge in [-0.1, -0.05) is 54.1 Å². The summed E-state index contributed by atoms with van der Waals surface area (Å²) in [7, 11) is 0. The van der Waals surface area contributed by atoms with Crippen molar-refractivity contribution in [1.29, 1.82) is 0 Å². The van der Waals surface area contributed by atoms with Gasteiger partial charge in [-0.05, 0) is 48.2 Å². The van der Waals surface area contributed by atoms with Gasteiger partial charge in [0.1, 0.15) is 11.8 Å². The fourth-order valence-electron chi connectivity index (χ4n) is 3.61. The lowest BCUT2D eigenvalue weighted by Crippen LogP contribution is -2.47. The van der Waals surface area contributed by atoms with Crippen LogP contribution in [-0.4, -0.2) is 24.3 Å². The van der Waals surface area contributed by atoms with Gasteiger partial charge in [-0.2, -0.15) is 0 Å². The maximum absolute atomic E-state index is 13.6. The molecule has 0 spiro atoms. The minimum Gasteiger partial charge on any atom is -0.467 e. The van der Waals surface area contributed by atoms with Gasteiger partial charge in [0.05, 0.1) is 24.2 Å². The van der Waals surface area contributed by atoms with Gasteiger partial charge in [0.2, 0.25) is 11.8 Å². The number of nitrogens with zero attached hydrogens (tertiary/aromatic N) is 1. The Kier molecular flexibility index (Phi) is 7.74. The van der Waals surface area contributed by atoms with E-state index in [1.54, 1.807) is 53.9 Å². The van der Waals surface area contributed by atoms with E-state index in [9.17, 15) is 14.4 Å². The Morgan fingerprint density at radius 2 is 1.69 bits per heavy atom. The van der Waals surface area contributed by atoms with Crippen LogP contribution < -0.4 is 15.5 Å². The predicted octanol–water partition coefficient (Wildman–Crippen LogP) is 4.47. The summed E-state index contributed by atoms with van der Waals surface area (Å²) in [5.74, 6) is -0.524. The molecule has 2 aromatic heterocycles. The first kappa shape index (κ1) is 24.0. The largest absolute Gasteiger partial charge is 0.467 e. The lowest BCUT2D eigenvalue weighted by molar-refractivity contribution is -0.126. The quantitative estimate of drug-likeness (QED) is 0.364. The van der Waals surface area contributed by atoms with Gasteiger partial charge in [0.25, 0.3) is 5.91 Å². The van der Waals surface area contributed by atoms with E-state index in [0.29, 0.717) is 21.9 Å². The SMILES string of the molecule is Cc1ccc([C@@H](C(=O)NCc2ccco2)N(C(=O)CNC(=O)c2cccs2)c2ccccc2)cc1. The first-order valence-electron chi connectivity index (χ1n) is 11.1. The number of nitrogens with one attached hydrogen (secondary N) is 2. The fourth-order valence-corrected chi connectivity index (χ4v) is 4.25. The van der Waals surface area contributed by atoms with Gasteiger partial charge in [-0.3, -0.25) is 19.3 Å². The topological polar surface area (TPSA) is 91.7 Å². The Labute approximate surface area is 207 Å². The second kappa shape index (κ2) is 11.3. The third kappa shape index (κ3) is 6.04. The molecule has 0 aliphatic carbocycles. The van der Waals surface area contributed by atoms with Gasteiger partial charge in [0.15, 0.2) is 0 Å². The molecule has 1 atom stereocenters. The van der Waals surface area contributed by atoms with Crippen LogP contribution in [0.1, 0.15) is 32.6 Å². The number of carbonyl (C=O) groups is 3. The number of benzene rings is 2. The number of thiophene rings is 1. The van der Waals surface area contributed by atoms with Crippen LogP contribution >= 0.6 is 11.3 Å². The summed E-state index contributed by atoms with van der Waals surface area (Å²) in [5.41, 5.74) is 2.22. The number of hydrogen-bond donors (Lipinski definition) is 2. The molecule has 0 saturated carbocycles. The van der Waals surface area contributed by atoms with E-state index in [0.717, 1.165) is 5.56 Å². The van der Waals surface area contributed by atoms with E-state index < -0.39 is 11.9 Å². The van der Waals surface area contributed by atoms with Crippen LogP contribution in [0.3, 0.4) is 0 Å². The molecule has 0 radical (unpaired) electrons. The van der Waals surface area contributed by atoms with Crippen molar-refractivity contribution >= 4 is 34.7 Å². The molecule has 4 aromatic rings. The van der Waals surface area contributed by atoms with E-state index in [4.69, 9.17) is 4.42 Å². The molecule has 2 heterocycles. The van der Waals surface area contributed by atoms with Gasteiger partial charge < -0.3 is 15.1 Å². The van der Waals surface area contributed by atoms with Gasteiger partial charge in [-0.15, -0.1) is 11.3 Å². The number of aryl methyl sites for hydroxylation is 1. The van der Waals surface area contributed by atoms with E-state index in [1.807, 2.05) is 37.3 Å². The molecule has 8 heteroatoms. The van der Waals surface area contributed by atoms with Crippen molar-refractivity contribution in [2.24, 2.45) is 0 Å². The monoisotopic (exact) mass is 487 g/mol. The lowest BCUT2D eigenvalue weighted by atomic mass is 10.0. The average molecular weight is 488 g/mol. The molecule has 0 bridgehead atoms. The number of anilines is 1. The Balaban J connectivity index is 1.64. The summed E-state index contributed by atoms with van der Waals surface area (Å²) in [6.07, 6.45) is 1.54. The van der Waals surface area contributed by atoms with Crippen molar-refractivity contribution in [3.63, 3.8) is 0 Å². The smallest absolute Gasteiger partial charge is 0.261 e. The van der Waals surface area contributed by atoms with Gasteiger partial charge in [0, 0.05) is 5.69 Å². The van der Waals surface area contributed by atoms with Crippen molar-refractivity contribution in [2.75, 3.05) is 11.4 Å². The molecule has 4 rings (SSSR count). The Morgan fingerprint density at radius 3 is 2.34 bits per heavy atom. The number of para-hydroxylation sites is 1. The van der Waals surface area contributed by atoms with Crippen LogP contribution in [0.5, 0.6) is 0 Å². The molecule has 0 aliphatic rings. The van der Waals surface area contributed by atoms with Crippen molar-refractivity contribution < 1.29 is 18.8 Å². The zero-order valence-electron chi connectivity index (χ0n) is 19.1. The molecular weight excluding hydrogens is 462 g/mol. The van der Waals surface area contributed by atoms with Crippen LogP contribution in [0, 0.1) is 6.92 Å². The summed E-state index contributed by atoms with van der Waals surface area (Å²) in [5, 5.41) is 7.35. The highest BCUT2D eigenvalue weighted by atomic mass is 32.1. The third-order valence-corrected chi connectivity index (χ3v) is 6.23. The zero-order valence-corrected chi connectivity index (χ0v) is 20.0. The number of amides is 3. The first-order valence-corrected chi connectivity index (χ1v) is 12.0. The molecule has 3 amide bonds. The molecule has 2 N–H and O–H groups in total. The first-order chi connectivity index (χ1) is 17.0. The fraction of sp³-hybridized carbons (Fsp3) is 0.148. The molecule has 2 aromatic carbocycles. The summed E-state index contributed by atoms with van der Waals surface area (Å²) in [6.45, 7) is 1.87. The van der Waals surface area contributed by atoms with E-state index in [2.05, 4.69) is 10.6 Å². The molecule has 178 valence electrons. The predicted molar refractivity (Wildman–Crippen MR) is 135 cm³/mol. The second-order valence-corrected chi connectivity index (χ2v) is 8.82. The molecule has 35 heavy (non-hydrogen) atoms. The number of hydrogen-bond acceptors (Lipinski definition) is 5. The summed E-state index contributed by atoms with van der Waals surface area (Å²) in [6, 6.07) is 22.4. The summed E-state index contributed by atoms with van der Waals surface area (Å²) >= 11 is 1.29. The van der Waals surface area contributed by atoms with Crippen LogP contribution in [0.4, 0.5) is 5.69 Å². The average Bonchev–Trinajstić information content (AvgIpc) is 3.60. The summed E-state index contributed by atoms with van der Waals surface area (Å²) < 4.78 is 5.34. The maximum Gasteiger partial charge on any atom is 0.261 e.